The Morgan fingerprint density at radius 3 is 3.00 bits per heavy atom. The molecule has 0 fully saturated rings. The molecule has 0 aliphatic rings. The number of rotatable bonds is 5. The lowest BCUT2D eigenvalue weighted by Crippen LogP contribution is -2.15. The van der Waals surface area contributed by atoms with Gasteiger partial charge in [-0.1, -0.05) is 11.3 Å². The summed E-state index contributed by atoms with van der Waals surface area (Å²) in [6.07, 6.45) is 3.87. The minimum absolute atomic E-state index is 0.0643. The number of aliphatic carboxylic acids is 1. The van der Waals surface area contributed by atoms with Crippen LogP contribution in [0.3, 0.4) is 0 Å². The van der Waals surface area contributed by atoms with E-state index in [1.54, 1.807) is 28.4 Å². The quantitative estimate of drug-likeness (QED) is 0.894. The Morgan fingerprint density at radius 1 is 1.50 bits per heavy atom. The third-order valence-corrected chi connectivity index (χ3v) is 3.28. The zero-order valence-electron chi connectivity index (χ0n) is 9.57. The minimum atomic E-state index is -0.846. The van der Waals surface area contributed by atoms with Crippen LogP contribution in [0.4, 0.5) is 0 Å². The summed E-state index contributed by atoms with van der Waals surface area (Å²) in [5.41, 5.74) is 1.66. The molecule has 0 aromatic carbocycles. The SMILES string of the molecule is O=C(O)CCCn1c(-c2cccnc2)csc1=O. The summed E-state index contributed by atoms with van der Waals surface area (Å²) in [6.45, 7) is 0.416. The lowest BCUT2D eigenvalue weighted by molar-refractivity contribution is -0.137. The van der Waals surface area contributed by atoms with Crippen molar-refractivity contribution in [3.63, 3.8) is 0 Å². The minimum Gasteiger partial charge on any atom is -0.481 e. The van der Waals surface area contributed by atoms with Crippen LogP contribution in [0.25, 0.3) is 11.3 Å². The van der Waals surface area contributed by atoms with Crippen LogP contribution in [0, 0.1) is 0 Å². The largest absolute Gasteiger partial charge is 0.481 e. The van der Waals surface area contributed by atoms with Crippen LogP contribution in [0.1, 0.15) is 12.8 Å². The standard InChI is InChI=1S/C12H12N2O3S/c15-11(16)4-2-6-14-10(8-18-12(14)17)9-3-1-5-13-7-9/h1,3,5,7-8H,2,4,6H2,(H,15,16). The fraction of sp³-hybridized carbons (Fsp3) is 0.250. The molecule has 0 atom stereocenters. The normalized spacial score (nSPS) is 10.4. The van der Waals surface area contributed by atoms with E-state index >= 15 is 0 Å². The van der Waals surface area contributed by atoms with Crippen LogP contribution in [0.5, 0.6) is 0 Å². The molecule has 0 saturated carbocycles. The zero-order chi connectivity index (χ0) is 13.0. The van der Waals surface area contributed by atoms with Crippen molar-refractivity contribution in [2.24, 2.45) is 0 Å². The van der Waals surface area contributed by atoms with Crippen LogP contribution in [-0.4, -0.2) is 20.6 Å². The second kappa shape index (κ2) is 5.59. The average molecular weight is 264 g/mol. The Bertz CT molecular complexity index is 589. The van der Waals surface area contributed by atoms with E-state index in [1.165, 1.54) is 0 Å². The van der Waals surface area contributed by atoms with Crippen molar-refractivity contribution in [1.82, 2.24) is 9.55 Å². The fourth-order valence-electron chi connectivity index (χ4n) is 1.67. The summed E-state index contributed by atoms with van der Waals surface area (Å²) in [6, 6.07) is 3.68. The summed E-state index contributed by atoms with van der Waals surface area (Å²) in [5.74, 6) is -0.846. The summed E-state index contributed by atoms with van der Waals surface area (Å²) in [5, 5.41) is 10.4. The Labute approximate surface area is 107 Å². The Kier molecular flexibility index (Phi) is 3.88. The molecule has 18 heavy (non-hydrogen) atoms. The van der Waals surface area contributed by atoms with E-state index in [1.807, 2.05) is 6.07 Å². The topological polar surface area (TPSA) is 72.2 Å². The van der Waals surface area contributed by atoms with Gasteiger partial charge in [-0.15, -0.1) is 0 Å². The predicted octanol–water partition coefficient (Wildman–Crippen LogP) is 1.84. The summed E-state index contributed by atoms with van der Waals surface area (Å²) >= 11 is 1.12. The highest BCUT2D eigenvalue weighted by atomic mass is 32.1. The zero-order valence-corrected chi connectivity index (χ0v) is 10.4. The van der Waals surface area contributed by atoms with Crippen LogP contribution < -0.4 is 4.87 Å². The number of thiazole rings is 1. The smallest absolute Gasteiger partial charge is 0.307 e. The molecule has 0 saturated heterocycles. The summed E-state index contributed by atoms with van der Waals surface area (Å²) in [4.78, 5) is 26.1. The van der Waals surface area contributed by atoms with E-state index < -0.39 is 5.97 Å². The van der Waals surface area contributed by atoms with Crippen molar-refractivity contribution < 1.29 is 9.90 Å². The Balaban J connectivity index is 2.22. The number of pyridine rings is 1. The van der Waals surface area contributed by atoms with Gasteiger partial charge in [0.15, 0.2) is 0 Å². The second-order valence-electron chi connectivity index (χ2n) is 3.78. The van der Waals surface area contributed by atoms with Crippen molar-refractivity contribution in [3.05, 3.63) is 39.6 Å². The van der Waals surface area contributed by atoms with Gasteiger partial charge in [-0.2, -0.15) is 0 Å². The van der Waals surface area contributed by atoms with Crippen molar-refractivity contribution in [1.29, 1.82) is 0 Å². The average Bonchev–Trinajstić information content (AvgIpc) is 2.72. The van der Waals surface area contributed by atoms with Gasteiger partial charge in [-0.25, -0.2) is 0 Å². The number of carboxylic acids is 1. The molecule has 2 heterocycles. The first-order chi connectivity index (χ1) is 8.68. The first kappa shape index (κ1) is 12.5. The first-order valence-electron chi connectivity index (χ1n) is 5.49. The maximum atomic E-state index is 11.7. The monoisotopic (exact) mass is 264 g/mol. The molecule has 0 aliphatic carbocycles. The molecule has 2 aromatic rings. The summed E-state index contributed by atoms with van der Waals surface area (Å²) in [7, 11) is 0. The van der Waals surface area contributed by atoms with Gasteiger partial charge < -0.3 is 5.11 Å². The highest BCUT2D eigenvalue weighted by molar-refractivity contribution is 7.07. The number of hydrogen-bond donors (Lipinski definition) is 1. The molecule has 6 heteroatoms. The van der Waals surface area contributed by atoms with Crippen LogP contribution in [-0.2, 0) is 11.3 Å². The Morgan fingerprint density at radius 2 is 2.33 bits per heavy atom. The molecule has 5 nitrogen and oxygen atoms in total. The second-order valence-corrected chi connectivity index (χ2v) is 4.60. The van der Waals surface area contributed by atoms with E-state index in [9.17, 15) is 9.59 Å². The molecule has 0 radical (unpaired) electrons. The number of hydrogen-bond acceptors (Lipinski definition) is 4. The number of carbonyl (C=O) groups is 1. The van der Waals surface area contributed by atoms with Gasteiger partial charge in [0.05, 0.1) is 5.69 Å². The van der Waals surface area contributed by atoms with Crippen LogP contribution >= 0.6 is 11.3 Å². The maximum Gasteiger partial charge on any atom is 0.307 e. The third-order valence-electron chi connectivity index (χ3n) is 2.51. The molecule has 1 N–H and O–H groups in total. The van der Waals surface area contributed by atoms with E-state index in [4.69, 9.17) is 5.11 Å². The molecule has 0 bridgehead atoms. The third kappa shape index (κ3) is 2.84. The fourth-order valence-corrected chi connectivity index (χ4v) is 2.46. The van der Waals surface area contributed by atoms with E-state index in [2.05, 4.69) is 4.98 Å². The lowest BCUT2D eigenvalue weighted by atomic mass is 10.2. The molecule has 0 amide bonds. The van der Waals surface area contributed by atoms with Crippen molar-refractivity contribution in [2.75, 3.05) is 0 Å². The maximum absolute atomic E-state index is 11.7. The molecular weight excluding hydrogens is 252 g/mol. The summed E-state index contributed by atoms with van der Waals surface area (Å²) < 4.78 is 1.60. The number of carboxylic acid groups (broad SMARTS) is 1. The van der Waals surface area contributed by atoms with Crippen molar-refractivity contribution in [3.8, 4) is 11.3 Å². The van der Waals surface area contributed by atoms with E-state index in [0.717, 1.165) is 22.6 Å². The van der Waals surface area contributed by atoms with Gasteiger partial charge in [0.2, 0.25) is 0 Å². The van der Waals surface area contributed by atoms with Crippen LogP contribution in [0.2, 0.25) is 0 Å². The van der Waals surface area contributed by atoms with Crippen molar-refractivity contribution in [2.45, 2.75) is 19.4 Å². The Hall–Kier alpha value is -1.95. The number of nitrogens with zero attached hydrogens (tertiary/aromatic N) is 2. The molecule has 0 unspecified atom stereocenters. The lowest BCUT2D eigenvalue weighted by Gasteiger charge is -2.06. The van der Waals surface area contributed by atoms with E-state index in [0.29, 0.717) is 13.0 Å². The van der Waals surface area contributed by atoms with Crippen molar-refractivity contribution >= 4 is 17.3 Å². The van der Waals surface area contributed by atoms with Gasteiger partial charge in [0.25, 0.3) is 0 Å². The van der Waals surface area contributed by atoms with Gasteiger partial charge in [0, 0.05) is 36.3 Å². The van der Waals surface area contributed by atoms with Crippen LogP contribution in [0.15, 0.2) is 34.7 Å². The predicted molar refractivity (Wildman–Crippen MR) is 68.7 cm³/mol. The molecule has 2 rings (SSSR count). The van der Waals surface area contributed by atoms with Gasteiger partial charge in [-0.05, 0) is 18.6 Å². The highest BCUT2D eigenvalue weighted by Gasteiger charge is 2.09. The molecular formula is C12H12N2O3S. The highest BCUT2D eigenvalue weighted by Crippen LogP contribution is 2.19. The molecule has 0 spiro atoms. The molecule has 94 valence electrons. The van der Waals surface area contributed by atoms with Gasteiger partial charge in [0.1, 0.15) is 0 Å². The number of aromatic nitrogens is 2. The van der Waals surface area contributed by atoms with E-state index in [-0.39, 0.29) is 11.3 Å². The van der Waals surface area contributed by atoms with Gasteiger partial charge >= 0.3 is 10.8 Å². The molecule has 0 aliphatic heterocycles. The van der Waals surface area contributed by atoms with Gasteiger partial charge in [-0.3, -0.25) is 19.1 Å². The first-order valence-corrected chi connectivity index (χ1v) is 6.37. The molecule has 2 aromatic heterocycles.